The molecule has 0 saturated heterocycles. The van der Waals surface area contributed by atoms with Crippen molar-refractivity contribution >= 4 is 17.3 Å². The van der Waals surface area contributed by atoms with E-state index in [4.69, 9.17) is 0 Å². The van der Waals surface area contributed by atoms with Crippen molar-refractivity contribution in [1.82, 2.24) is 0 Å². The summed E-state index contributed by atoms with van der Waals surface area (Å²) in [5, 5.41) is 13.9. The van der Waals surface area contributed by atoms with Gasteiger partial charge in [-0.3, -0.25) is 14.9 Å². The summed E-state index contributed by atoms with van der Waals surface area (Å²) in [6.07, 6.45) is 15.0. The first-order chi connectivity index (χ1) is 12.2. The van der Waals surface area contributed by atoms with Crippen molar-refractivity contribution in [2.45, 2.75) is 38.5 Å². The van der Waals surface area contributed by atoms with E-state index >= 15 is 0 Å². The number of hydrogen-bond acceptors (Lipinski definition) is 3. The molecule has 3 rings (SSSR count). The molecule has 0 radical (unpaired) electrons. The smallest absolute Gasteiger partial charge is 0.292 e. The summed E-state index contributed by atoms with van der Waals surface area (Å²) in [5.41, 5.74) is 0.237. The number of nitro groups is 1. The summed E-state index contributed by atoms with van der Waals surface area (Å²) < 4.78 is 0. The van der Waals surface area contributed by atoms with Crippen LogP contribution in [0, 0.1) is 27.9 Å². The van der Waals surface area contributed by atoms with E-state index in [9.17, 15) is 14.9 Å². The predicted molar refractivity (Wildman–Crippen MR) is 98.2 cm³/mol. The van der Waals surface area contributed by atoms with Gasteiger partial charge in [-0.1, -0.05) is 36.4 Å². The fourth-order valence-electron chi connectivity index (χ4n) is 3.82. The molecule has 0 spiro atoms. The number of para-hydroxylation sites is 2. The summed E-state index contributed by atoms with van der Waals surface area (Å²) in [4.78, 5) is 23.3. The van der Waals surface area contributed by atoms with Crippen molar-refractivity contribution in [1.29, 1.82) is 0 Å². The minimum Gasteiger partial charge on any atom is -0.320 e. The Morgan fingerprint density at radius 3 is 2.12 bits per heavy atom. The predicted octanol–water partition coefficient (Wildman–Crippen LogP) is 4.86. The molecule has 5 nitrogen and oxygen atoms in total. The molecule has 1 aromatic carbocycles. The highest BCUT2D eigenvalue weighted by atomic mass is 16.6. The van der Waals surface area contributed by atoms with Crippen molar-refractivity contribution in [2.24, 2.45) is 17.8 Å². The summed E-state index contributed by atoms with van der Waals surface area (Å²) >= 11 is 0. The van der Waals surface area contributed by atoms with Crippen molar-refractivity contribution in [3.8, 4) is 0 Å². The third-order valence-corrected chi connectivity index (χ3v) is 5.16. The molecule has 132 valence electrons. The van der Waals surface area contributed by atoms with Crippen LogP contribution in [0.1, 0.15) is 38.5 Å². The largest absolute Gasteiger partial charge is 0.320 e. The Morgan fingerprint density at radius 2 is 1.52 bits per heavy atom. The van der Waals surface area contributed by atoms with E-state index in [1.165, 1.54) is 6.07 Å². The lowest BCUT2D eigenvalue weighted by Crippen LogP contribution is -2.16. The quantitative estimate of drug-likeness (QED) is 0.485. The minimum absolute atomic E-state index is 0.0256. The average Bonchev–Trinajstić information content (AvgIpc) is 3.27. The molecule has 1 fully saturated rings. The van der Waals surface area contributed by atoms with Crippen LogP contribution < -0.4 is 5.32 Å². The van der Waals surface area contributed by atoms with Gasteiger partial charge in [-0.15, -0.1) is 0 Å². The molecule has 1 aromatic rings. The molecule has 2 aliphatic rings. The number of carbonyl (C=O) groups excluding carboxylic acids is 1. The maximum absolute atomic E-state index is 12.7. The van der Waals surface area contributed by atoms with Gasteiger partial charge in [0.25, 0.3) is 5.69 Å². The molecule has 1 saturated carbocycles. The Morgan fingerprint density at radius 1 is 0.960 bits per heavy atom. The van der Waals surface area contributed by atoms with Gasteiger partial charge >= 0.3 is 0 Å². The standard InChI is InChI=1S/C20H24N2O3/c23-20(21-17-13-9-10-14-18(17)22(24)25)19-15-11-7-5-3-1-2-4-6-8-12-16(15)19/h3-6,9-10,13-16,19H,1-2,7-8,11-12H2,(H,21,23)/b5-3-,6-4-/t15-,16-/m0/s1. The maximum atomic E-state index is 12.7. The monoisotopic (exact) mass is 340 g/mol. The number of anilines is 1. The minimum atomic E-state index is -0.456. The molecule has 5 heteroatoms. The zero-order valence-corrected chi connectivity index (χ0v) is 14.3. The fourth-order valence-corrected chi connectivity index (χ4v) is 3.82. The van der Waals surface area contributed by atoms with E-state index in [1.54, 1.807) is 18.2 Å². The second kappa shape index (κ2) is 8.10. The highest BCUT2D eigenvalue weighted by molar-refractivity contribution is 5.96. The van der Waals surface area contributed by atoms with Gasteiger partial charge in [0, 0.05) is 12.0 Å². The first-order valence-corrected chi connectivity index (χ1v) is 9.03. The van der Waals surface area contributed by atoms with E-state index in [2.05, 4.69) is 29.6 Å². The zero-order valence-electron chi connectivity index (χ0n) is 14.3. The average molecular weight is 340 g/mol. The Kier molecular flexibility index (Phi) is 5.64. The summed E-state index contributed by atoms with van der Waals surface area (Å²) in [7, 11) is 0. The topological polar surface area (TPSA) is 72.2 Å². The summed E-state index contributed by atoms with van der Waals surface area (Å²) in [5.74, 6) is 0.676. The fraction of sp³-hybridized carbons (Fsp3) is 0.450. The summed E-state index contributed by atoms with van der Waals surface area (Å²) in [6.45, 7) is 0. The second-order valence-corrected chi connectivity index (χ2v) is 6.79. The van der Waals surface area contributed by atoms with Crippen molar-refractivity contribution in [2.75, 3.05) is 5.32 Å². The normalized spacial score (nSPS) is 28.6. The van der Waals surface area contributed by atoms with Gasteiger partial charge in [-0.25, -0.2) is 0 Å². The van der Waals surface area contributed by atoms with Crippen LogP contribution in [0.25, 0.3) is 0 Å². The van der Waals surface area contributed by atoms with Crippen LogP contribution in [-0.4, -0.2) is 10.8 Å². The molecule has 0 aromatic heterocycles. The molecule has 2 aliphatic carbocycles. The van der Waals surface area contributed by atoms with Gasteiger partial charge in [-0.2, -0.15) is 0 Å². The number of carbonyl (C=O) groups is 1. The lowest BCUT2D eigenvalue weighted by molar-refractivity contribution is -0.383. The van der Waals surface area contributed by atoms with E-state index in [0.29, 0.717) is 17.5 Å². The molecule has 1 amide bonds. The highest BCUT2D eigenvalue weighted by Gasteiger charge is 2.53. The molecule has 1 N–H and O–H groups in total. The molecule has 0 aliphatic heterocycles. The first-order valence-electron chi connectivity index (χ1n) is 9.03. The van der Waals surface area contributed by atoms with Gasteiger partial charge in [0.1, 0.15) is 5.69 Å². The van der Waals surface area contributed by atoms with Gasteiger partial charge in [0.2, 0.25) is 5.91 Å². The van der Waals surface area contributed by atoms with Crippen molar-refractivity contribution in [3.05, 3.63) is 58.7 Å². The van der Waals surface area contributed by atoms with Gasteiger partial charge in [-0.05, 0) is 56.4 Å². The van der Waals surface area contributed by atoms with Gasteiger partial charge < -0.3 is 5.32 Å². The molecule has 2 atom stereocenters. The first kappa shape index (κ1) is 17.4. The van der Waals surface area contributed by atoms with E-state index in [-0.39, 0.29) is 17.5 Å². The number of nitro benzene ring substituents is 1. The van der Waals surface area contributed by atoms with Gasteiger partial charge in [0.15, 0.2) is 0 Å². The van der Waals surface area contributed by atoms with E-state index in [0.717, 1.165) is 38.5 Å². The Labute approximate surface area is 148 Å². The van der Waals surface area contributed by atoms with Crippen LogP contribution in [0.4, 0.5) is 11.4 Å². The number of fused-ring (bicyclic) bond motifs is 1. The van der Waals surface area contributed by atoms with Crippen molar-refractivity contribution in [3.63, 3.8) is 0 Å². The number of nitrogens with zero attached hydrogens (tertiary/aromatic N) is 1. The number of benzene rings is 1. The van der Waals surface area contributed by atoms with Crippen LogP contribution in [0.5, 0.6) is 0 Å². The van der Waals surface area contributed by atoms with Crippen LogP contribution in [0.3, 0.4) is 0 Å². The second-order valence-electron chi connectivity index (χ2n) is 6.79. The molecule has 25 heavy (non-hydrogen) atoms. The Bertz CT molecular complexity index is 672. The van der Waals surface area contributed by atoms with E-state index < -0.39 is 4.92 Å². The maximum Gasteiger partial charge on any atom is 0.292 e. The Hall–Kier alpha value is -2.43. The zero-order chi connectivity index (χ0) is 17.6. The SMILES string of the molecule is O=C(Nc1ccccc1[N+](=O)[O-])C1[C@H]2CC/C=C\CC/C=C\CC[C@H]12. The third kappa shape index (κ3) is 4.35. The Balaban J connectivity index is 1.67. The third-order valence-electron chi connectivity index (χ3n) is 5.16. The van der Waals surface area contributed by atoms with Crippen LogP contribution in [-0.2, 0) is 4.79 Å². The van der Waals surface area contributed by atoms with Crippen LogP contribution >= 0.6 is 0 Å². The van der Waals surface area contributed by atoms with Crippen LogP contribution in [0.15, 0.2) is 48.6 Å². The van der Waals surface area contributed by atoms with E-state index in [1.807, 2.05) is 0 Å². The number of nitrogens with one attached hydrogen (secondary N) is 1. The van der Waals surface area contributed by atoms with Crippen molar-refractivity contribution < 1.29 is 9.72 Å². The molecule has 0 heterocycles. The molecular formula is C20H24N2O3. The highest BCUT2D eigenvalue weighted by Crippen LogP contribution is 2.52. The summed E-state index contributed by atoms with van der Waals surface area (Å²) in [6, 6.07) is 6.32. The van der Waals surface area contributed by atoms with Crippen LogP contribution in [0.2, 0.25) is 0 Å². The number of amides is 1. The number of hydrogen-bond donors (Lipinski definition) is 1. The lowest BCUT2D eigenvalue weighted by Gasteiger charge is -2.05. The van der Waals surface area contributed by atoms with Gasteiger partial charge in [0.05, 0.1) is 4.92 Å². The number of allylic oxidation sites excluding steroid dienone is 4. The lowest BCUT2D eigenvalue weighted by atomic mass is 10.1. The number of rotatable bonds is 3. The molecular weight excluding hydrogens is 316 g/mol. The molecule has 0 bridgehead atoms. The molecule has 0 unspecified atom stereocenters.